The molecule has 4 rings (SSSR count). The van der Waals surface area contributed by atoms with Crippen LogP contribution in [0.25, 0.3) is 5.65 Å². The van der Waals surface area contributed by atoms with E-state index in [9.17, 15) is 17.6 Å². The fraction of sp³-hybridized carbons (Fsp3) is 0.529. The molecule has 9 heteroatoms. The van der Waals surface area contributed by atoms with E-state index in [1.54, 1.807) is 18.2 Å². The molecule has 4 heterocycles. The van der Waals surface area contributed by atoms with Gasteiger partial charge in [0.2, 0.25) is 5.95 Å². The predicted octanol–water partition coefficient (Wildman–Crippen LogP) is 0.807. The molecule has 7 nitrogen and oxygen atoms in total. The van der Waals surface area contributed by atoms with Crippen LogP contribution in [-0.2, 0) is 9.84 Å². The number of amides is 1. The molecule has 0 radical (unpaired) electrons. The van der Waals surface area contributed by atoms with Crippen molar-refractivity contribution in [2.45, 2.75) is 25.4 Å². The third-order valence-corrected chi connectivity index (χ3v) is 6.94. The number of rotatable bonds is 3. The summed E-state index contributed by atoms with van der Waals surface area (Å²) in [5, 5.41) is 0. The van der Waals surface area contributed by atoms with Gasteiger partial charge in [-0.2, -0.15) is 4.39 Å². The highest BCUT2D eigenvalue weighted by Crippen LogP contribution is 2.28. The van der Waals surface area contributed by atoms with E-state index in [1.165, 1.54) is 15.5 Å². The van der Waals surface area contributed by atoms with Crippen LogP contribution in [-0.4, -0.2) is 76.7 Å². The molecule has 0 bridgehead atoms. The van der Waals surface area contributed by atoms with Crippen LogP contribution >= 0.6 is 0 Å². The number of fused-ring (bicyclic) bond motifs is 2. The van der Waals surface area contributed by atoms with E-state index >= 15 is 0 Å². The number of imidazole rings is 1. The van der Waals surface area contributed by atoms with Gasteiger partial charge >= 0.3 is 0 Å². The fourth-order valence-corrected chi connectivity index (χ4v) is 6.09. The molecule has 2 fully saturated rings. The first-order valence-corrected chi connectivity index (χ1v) is 10.6. The summed E-state index contributed by atoms with van der Waals surface area (Å²) < 4.78 is 40.3. The molecule has 0 spiro atoms. The number of sulfone groups is 1. The Bertz CT molecular complexity index is 958. The first kappa shape index (κ1) is 17.4. The van der Waals surface area contributed by atoms with Gasteiger partial charge in [-0.15, -0.1) is 0 Å². The monoisotopic (exact) mass is 380 g/mol. The average Bonchev–Trinajstić information content (AvgIpc) is 3.11. The van der Waals surface area contributed by atoms with Crippen LogP contribution in [0.4, 0.5) is 4.39 Å². The topological polar surface area (TPSA) is 75.0 Å². The van der Waals surface area contributed by atoms with Crippen molar-refractivity contribution in [2.75, 3.05) is 31.1 Å². The minimum absolute atomic E-state index is 0.0507. The Morgan fingerprint density at radius 3 is 2.77 bits per heavy atom. The van der Waals surface area contributed by atoms with Crippen molar-refractivity contribution in [3.05, 3.63) is 36.0 Å². The average molecular weight is 380 g/mol. The second-order valence-electron chi connectivity index (χ2n) is 6.93. The van der Waals surface area contributed by atoms with Crippen LogP contribution in [0.5, 0.6) is 0 Å². The molecule has 140 valence electrons. The molecular formula is C17H21FN4O3S. The van der Waals surface area contributed by atoms with Crippen LogP contribution in [0.15, 0.2) is 24.4 Å². The number of hydrogen-bond donors (Lipinski definition) is 0. The van der Waals surface area contributed by atoms with Crippen molar-refractivity contribution < 1.29 is 17.6 Å². The van der Waals surface area contributed by atoms with E-state index < -0.39 is 27.7 Å². The van der Waals surface area contributed by atoms with Gasteiger partial charge in [-0.1, -0.05) is 13.0 Å². The van der Waals surface area contributed by atoms with Gasteiger partial charge in [0.15, 0.2) is 15.5 Å². The molecule has 2 saturated heterocycles. The van der Waals surface area contributed by atoms with Crippen molar-refractivity contribution >= 4 is 21.4 Å². The minimum Gasteiger partial charge on any atom is -0.330 e. The van der Waals surface area contributed by atoms with Crippen molar-refractivity contribution in [2.24, 2.45) is 0 Å². The fourth-order valence-electron chi connectivity index (χ4n) is 4.08. The lowest BCUT2D eigenvalue weighted by Crippen LogP contribution is -2.60. The smallest absolute Gasteiger partial charge is 0.277 e. The molecule has 1 amide bonds. The molecule has 2 aliphatic heterocycles. The number of nitrogens with zero attached hydrogens (tertiary/aromatic N) is 4. The lowest BCUT2D eigenvalue weighted by Gasteiger charge is -2.43. The van der Waals surface area contributed by atoms with Crippen molar-refractivity contribution in [1.82, 2.24) is 19.2 Å². The SMILES string of the molecule is CCCN1CCN(C(=O)c2nc3ccccn3c2F)[C@@H]2CS(=O)(=O)C[C@@H]21. The van der Waals surface area contributed by atoms with Crippen LogP contribution in [0.2, 0.25) is 0 Å². The normalized spacial score (nSPS) is 25.5. The Kier molecular flexibility index (Phi) is 4.23. The van der Waals surface area contributed by atoms with E-state index in [2.05, 4.69) is 9.88 Å². The molecular weight excluding hydrogens is 359 g/mol. The minimum atomic E-state index is -3.22. The van der Waals surface area contributed by atoms with Gasteiger partial charge in [-0.25, -0.2) is 13.4 Å². The molecule has 0 aliphatic carbocycles. The maximum absolute atomic E-state index is 14.7. The zero-order valence-corrected chi connectivity index (χ0v) is 15.3. The standard InChI is InChI=1S/C17H21FN4O3S/c1-2-6-20-8-9-21(13-11-26(24,25)10-12(13)20)17(23)15-16(18)22-7-4-3-5-14(22)19-15/h3-5,7,12-13H,2,6,8-11H2,1H3/t12-,13+/m0/s1. The van der Waals surface area contributed by atoms with Gasteiger partial charge in [0.1, 0.15) is 5.65 Å². The number of piperazine rings is 1. The third kappa shape index (κ3) is 2.79. The lowest BCUT2D eigenvalue weighted by molar-refractivity contribution is 0.0325. The van der Waals surface area contributed by atoms with E-state index in [-0.39, 0.29) is 23.2 Å². The number of carbonyl (C=O) groups is 1. The summed E-state index contributed by atoms with van der Waals surface area (Å²) in [6.07, 6.45) is 2.43. The zero-order chi connectivity index (χ0) is 18.5. The molecule has 0 aromatic carbocycles. The van der Waals surface area contributed by atoms with Gasteiger partial charge in [0.05, 0.1) is 17.5 Å². The number of carbonyl (C=O) groups excluding carboxylic acids is 1. The summed E-state index contributed by atoms with van der Waals surface area (Å²) in [5.41, 5.74) is 0.108. The Morgan fingerprint density at radius 1 is 1.27 bits per heavy atom. The molecule has 0 unspecified atom stereocenters. The Hall–Kier alpha value is -2.00. The highest BCUT2D eigenvalue weighted by molar-refractivity contribution is 7.91. The molecule has 0 saturated carbocycles. The van der Waals surface area contributed by atoms with Crippen LogP contribution in [0, 0.1) is 5.95 Å². The molecule has 2 atom stereocenters. The molecule has 26 heavy (non-hydrogen) atoms. The number of pyridine rings is 1. The Morgan fingerprint density at radius 2 is 2.04 bits per heavy atom. The second-order valence-corrected chi connectivity index (χ2v) is 9.08. The summed E-state index contributed by atoms with van der Waals surface area (Å²) in [7, 11) is -3.22. The first-order chi connectivity index (χ1) is 12.4. The summed E-state index contributed by atoms with van der Waals surface area (Å²) >= 11 is 0. The Balaban J connectivity index is 1.68. The third-order valence-electron chi connectivity index (χ3n) is 5.24. The second kappa shape index (κ2) is 6.31. The highest BCUT2D eigenvalue weighted by atomic mass is 32.2. The largest absolute Gasteiger partial charge is 0.330 e. The highest BCUT2D eigenvalue weighted by Gasteiger charge is 2.48. The predicted molar refractivity (Wildman–Crippen MR) is 94.3 cm³/mol. The van der Waals surface area contributed by atoms with Crippen molar-refractivity contribution in [3.63, 3.8) is 0 Å². The van der Waals surface area contributed by atoms with Gasteiger partial charge in [0, 0.05) is 25.3 Å². The number of halogens is 1. The van der Waals surface area contributed by atoms with Gasteiger partial charge in [-0.05, 0) is 25.1 Å². The van der Waals surface area contributed by atoms with Crippen molar-refractivity contribution in [3.8, 4) is 0 Å². The van der Waals surface area contributed by atoms with Gasteiger partial charge in [-0.3, -0.25) is 14.1 Å². The first-order valence-electron chi connectivity index (χ1n) is 8.79. The van der Waals surface area contributed by atoms with Crippen LogP contribution < -0.4 is 0 Å². The van der Waals surface area contributed by atoms with E-state index in [0.717, 1.165) is 13.0 Å². The summed E-state index contributed by atoms with van der Waals surface area (Å²) in [4.78, 5) is 20.8. The quantitative estimate of drug-likeness (QED) is 0.788. The summed E-state index contributed by atoms with van der Waals surface area (Å²) in [6.45, 7) is 3.80. The van der Waals surface area contributed by atoms with E-state index in [1.807, 2.05) is 6.92 Å². The summed E-state index contributed by atoms with van der Waals surface area (Å²) in [6, 6.07) is 4.34. The van der Waals surface area contributed by atoms with Crippen molar-refractivity contribution in [1.29, 1.82) is 0 Å². The number of aromatic nitrogens is 2. The van der Waals surface area contributed by atoms with E-state index in [0.29, 0.717) is 18.7 Å². The molecule has 2 aromatic heterocycles. The van der Waals surface area contributed by atoms with Gasteiger partial charge in [0.25, 0.3) is 5.91 Å². The molecule has 2 aromatic rings. The molecule has 2 aliphatic rings. The Labute approximate surface area is 151 Å². The molecule has 0 N–H and O–H groups in total. The zero-order valence-electron chi connectivity index (χ0n) is 14.5. The van der Waals surface area contributed by atoms with Crippen LogP contribution in [0.3, 0.4) is 0 Å². The summed E-state index contributed by atoms with van der Waals surface area (Å²) in [5.74, 6) is -1.26. The lowest BCUT2D eigenvalue weighted by atomic mass is 10.0. The van der Waals surface area contributed by atoms with E-state index in [4.69, 9.17) is 0 Å². The maximum atomic E-state index is 14.7. The van der Waals surface area contributed by atoms with Crippen LogP contribution in [0.1, 0.15) is 23.8 Å². The van der Waals surface area contributed by atoms with Gasteiger partial charge < -0.3 is 4.90 Å². The number of hydrogen-bond acceptors (Lipinski definition) is 5. The maximum Gasteiger partial charge on any atom is 0.277 e.